The predicted octanol–water partition coefficient (Wildman–Crippen LogP) is 3.40. The van der Waals surface area contributed by atoms with Gasteiger partial charge >= 0.3 is 12.1 Å². The third kappa shape index (κ3) is 6.50. The molecule has 2 amide bonds. The van der Waals surface area contributed by atoms with Crippen LogP contribution in [0.3, 0.4) is 0 Å². The van der Waals surface area contributed by atoms with E-state index in [1.54, 1.807) is 12.1 Å². The average Bonchev–Trinajstić information content (AvgIpc) is 3.40. The number of ether oxygens (including phenoxy) is 2. The number of aliphatic carboxylic acids is 1. The van der Waals surface area contributed by atoms with Crippen molar-refractivity contribution in [1.29, 1.82) is 0 Å². The van der Waals surface area contributed by atoms with E-state index in [9.17, 15) is 24.3 Å². The maximum Gasteiger partial charge on any atom is 0.407 e. The van der Waals surface area contributed by atoms with Gasteiger partial charge in [-0.05, 0) is 48.1 Å². The van der Waals surface area contributed by atoms with Crippen molar-refractivity contribution in [2.24, 2.45) is 5.41 Å². The van der Waals surface area contributed by atoms with E-state index in [4.69, 9.17) is 9.47 Å². The summed E-state index contributed by atoms with van der Waals surface area (Å²) in [6, 6.07) is 15.8. The number of H-pyrrole nitrogens is 1. The van der Waals surface area contributed by atoms with Crippen LogP contribution in [0.5, 0.6) is 5.75 Å². The van der Waals surface area contributed by atoms with Crippen molar-refractivity contribution in [2.45, 2.75) is 32.7 Å². The zero-order valence-electron chi connectivity index (χ0n) is 21.4. The first-order valence-electron chi connectivity index (χ1n) is 12.4. The van der Waals surface area contributed by atoms with Crippen LogP contribution in [0.25, 0.3) is 22.0 Å². The fourth-order valence-corrected chi connectivity index (χ4v) is 4.32. The van der Waals surface area contributed by atoms with Crippen molar-refractivity contribution in [3.8, 4) is 16.9 Å². The molecule has 1 aromatic heterocycles. The van der Waals surface area contributed by atoms with Crippen LogP contribution < -0.4 is 15.6 Å². The quantitative estimate of drug-likeness (QED) is 0.392. The standard InChI is InChI=1S/C28H31N3O7/c1-28(2,17-38-27(36)29-15-24(32)31-12-6-11-23(31)26(34)35)16-37-20-9-5-8-18(13-20)21-14-19-7-3-4-10-22(19)30-25(21)33/h3-5,7-10,13-14,23H,6,11-12,15-17H2,1-2H3,(H,29,36)(H,30,33)(H,34,35). The first-order chi connectivity index (χ1) is 18.1. The van der Waals surface area contributed by atoms with Gasteiger partial charge in [0.25, 0.3) is 5.56 Å². The molecule has 3 aromatic rings. The zero-order valence-corrected chi connectivity index (χ0v) is 21.4. The Labute approximate surface area is 219 Å². The molecular formula is C28H31N3O7. The van der Waals surface area contributed by atoms with E-state index in [0.29, 0.717) is 30.7 Å². The number of aromatic amines is 1. The molecule has 0 radical (unpaired) electrons. The van der Waals surface area contributed by atoms with E-state index in [1.165, 1.54) is 4.90 Å². The molecule has 0 aliphatic carbocycles. The highest BCUT2D eigenvalue weighted by molar-refractivity contribution is 5.87. The molecule has 3 N–H and O–H groups in total. The fraction of sp³-hybridized carbons (Fsp3) is 0.357. The van der Waals surface area contributed by atoms with Gasteiger partial charge in [-0.25, -0.2) is 9.59 Å². The number of hydrogen-bond acceptors (Lipinski definition) is 6. The SMILES string of the molecule is CC(C)(COC(=O)NCC(=O)N1CCCC1C(=O)O)COc1cccc(-c2cc3ccccc3[nH]c2=O)c1. The maximum absolute atomic E-state index is 12.6. The lowest BCUT2D eigenvalue weighted by Crippen LogP contribution is -2.45. The Morgan fingerprint density at radius 1 is 1.11 bits per heavy atom. The molecule has 0 saturated carbocycles. The van der Waals surface area contributed by atoms with Crippen LogP contribution in [0.2, 0.25) is 0 Å². The van der Waals surface area contributed by atoms with Gasteiger partial charge in [0.2, 0.25) is 5.91 Å². The van der Waals surface area contributed by atoms with Crippen LogP contribution in [0.15, 0.2) is 59.4 Å². The van der Waals surface area contributed by atoms with Gasteiger partial charge in [-0.15, -0.1) is 0 Å². The number of aromatic nitrogens is 1. The molecular weight excluding hydrogens is 490 g/mol. The number of hydrogen-bond donors (Lipinski definition) is 3. The Morgan fingerprint density at radius 2 is 1.89 bits per heavy atom. The summed E-state index contributed by atoms with van der Waals surface area (Å²) < 4.78 is 11.2. The number of amides is 2. The summed E-state index contributed by atoms with van der Waals surface area (Å²) in [4.78, 5) is 52.5. The number of carboxylic acids is 1. The van der Waals surface area contributed by atoms with Crippen LogP contribution in [-0.2, 0) is 14.3 Å². The molecule has 0 spiro atoms. The fourth-order valence-electron chi connectivity index (χ4n) is 4.32. The zero-order chi connectivity index (χ0) is 27.3. The van der Waals surface area contributed by atoms with E-state index in [2.05, 4.69) is 10.3 Å². The molecule has 1 unspecified atom stereocenters. The molecule has 1 saturated heterocycles. The van der Waals surface area contributed by atoms with Gasteiger partial charge in [-0.1, -0.05) is 44.2 Å². The number of nitrogens with zero attached hydrogens (tertiary/aromatic N) is 1. The third-order valence-electron chi connectivity index (χ3n) is 6.36. The number of carboxylic acid groups (broad SMARTS) is 1. The summed E-state index contributed by atoms with van der Waals surface area (Å²) in [6.45, 7) is 4.01. The van der Waals surface area contributed by atoms with Gasteiger partial charge in [0.15, 0.2) is 0 Å². The molecule has 2 heterocycles. The van der Waals surface area contributed by atoms with E-state index < -0.39 is 29.4 Å². The minimum absolute atomic E-state index is 0.0263. The van der Waals surface area contributed by atoms with Crippen molar-refractivity contribution in [2.75, 3.05) is 26.3 Å². The lowest BCUT2D eigenvalue weighted by Gasteiger charge is -2.25. The molecule has 2 aromatic carbocycles. The van der Waals surface area contributed by atoms with E-state index >= 15 is 0 Å². The number of benzene rings is 2. The molecule has 1 aliphatic heterocycles. The highest BCUT2D eigenvalue weighted by Gasteiger charge is 2.34. The Balaban J connectivity index is 1.28. The minimum Gasteiger partial charge on any atom is -0.493 e. The van der Waals surface area contributed by atoms with Crippen molar-refractivity contribution in [3.63, 3.8) is 0 Å². The van der Waals surface area contributed by atoms with Crippen molar-refractivity contribution < 1.29 is 29.0 Å². The van der Waals surface area contributed by atoms with Crippen molar-refractivity contribution >= 4 is 28.9 Å². The van der Waals surface area contributed by atoms with E-state index in [0.717, 1.165) is 16.5 Å². The molecule has 1 atom stereocenters. The topological polar surface area (TPSA) is 138 Å². The normalized spacial score (nSPS) is 15.3. The summed E-state index contributed by atoms with van der Waals surface area (Å²) in [5, 5.41) is 12.5. The number of para-hydroxylation sites is 1. The van der Waals surface area contributed by atoms with Gasteiger partial charge in [-0.3, -0.25) is 9.59 Å². The predicted molar refractivity (Wildman–Crippen MR) is 141 cm³/mol. The summed E-state index contributed by atoms with van der Waals surface area (Å²) in [7, 11) is 0. The van der Waals surface area contributed by atoms with Gasteiger partial charge in [-0.2, -0.15) is 0 Å². The van der Waals surface area contributed by atoms with Crippen LogP contribution >= 0.6 is 0 Å². The smallest absolute Gasteiger partial charge is 0.407 e. The first kappa shape index (κ1) is 26.7. The third-order valence-corrected chi connectivity index (χ3v) is 6.36. The van der Waals surface area contributed by atoms with Gasteiger partial charge < -0.3 is 29.8 Å². The van der Waals surface area contributed by atoms with Crippen LogP contribution in [0, 0.1) is 5.41 Å². The number of carbonyl (C=O) groups is 3. The van der Waals surface area contributed by atoms with Gasteiger partial charge in [0.1, 0.15) is 24.9 Å². The number of alkyl carbamates (subject to hydrolysis) is 1. The summed E-state index contributed by atoms with van der Waals surface area (Å²) >= 11 is 0. The second-order valence-corrected chi connectivity index (χ2v) is 10.1. The van der Waals surface area contributed by atoms with E-state index in [-0.39, 0.29) is 25.3 Å². The van der Waals surface area contributed by atoms with Gasteiger partial charge in [0, 0.05) is 23.0 Å². The van der Waals surface area contributed by atoms with Crippen molar-refractivity contribution in [3.05, 3.63) is 65.0 Å². The largest absolute Gasteiger partial charge is 0.493 e. The summed E-state index contributed by atoms with van der Waals surface area (Å²) in [5.74, 6) is -0.939. The van der Waals surface area contributed by atoms with Gasteiger partial charge in [0.05, 0.1) is 6.61 Å². The minimum atomic E-state index is -1.05. The molecule has 1 aliphatic rings. The van der Waals surface area contributed by atoms with Crippen LogP contribution in [-0.4, -0.2) is 65.3 Å². The highest BCUT2D eigenvalue weighted by Crippen LogP contribution is 2.25. The average molecular weight is 522 g/mol. The Kier molecular flexibility index (Phi) is 7.99. The van der Waals surface area contributed by atoms with E-state index in [1.807, 2.05) is 56.3 Å². The molecule has 1 fully saturated rings. The molecule has 200 valence electrons. The Hall–Kier alpha value is -4.34. The van der Waals surface area contributed by atoms with Crippen LogP contribution in [0.1, 0.15) is 26.7 Å². The number of pyridine rings is 1. The Morgan fingerprint density at radius 3 is 2.68 bits per heavy atom. The molecule has 38 heavy (non-hydrogen) atoms. The number of likely N-dealkylation sites (tertiary alicyclic amines) is 1. The number of carbonyl (C=O) groups excluding carboxylic acids is 2. The lowest BCUT2D eigenvalue weighted by atomic mass is 9.96. The second kappa shape index (κ2) is 11.4. The van der Waals surface area contributed by atoms with Crippen molar-refractivity contribution in [1.82, 2.24) is 15.2 Å². The first-order valence-corrected chi connectivity index (χ1v) is 12.4. The lowest BCUT2D eigenvalue weighted by molar-refractivity contribution is -0.147. The molecule has 10 nitrogen and oxygen atoms in total. The number of nitrogens with one attached hydrogen (secondary N) is 2. The second-order valence-electron chi connectivity index (χ2n) is 10.1. The molecule has 4 rings (SSSR count). The Bertz CT molecular complexity index is 1400. The summed E-state index contributed by atoms with van der Waals surface area (Å²) in [5.41, 5.74) is 1.27. The van der Waals surface area contributed by atoms with Crippen LogP contribution in [0.4, 0.5) is 4.79 Å². The number of rotatable bonds is 9. The molecule has 10 heteroatoms. The molecule has 0 bridgehead atoms. The number of fused-ring (bicyclic) bond motifs is 1. The summed E-state index contributed by atoms with van der Waals surface area (Å²) in [6.07, 6.45) is 0.250. The maximum atomic E-state index is 12.6. The highest BCUT2D eigenvalue weighted by atomic mass is 16.6. The monoisotopic (exact) mass is 521 g/mol.